The van der Waals surface area contributed by atoms with Gasteiger partial charge in [0.05, 0.1) is 12.6 Å². The zero-order valence-electron chi connectivity index (χ0n) is 18.9. The quantitative estimate of drug-likeness (QED) is 0.465. The summed E-state index contributed by atoms with van der Waals surface area (Å²) in [6, 6.07) is 3.65. The lowest BCUT2D eigenvalue weighted by Gasteiger charge is -2.31. The Kier molecular flexibility index (Phi) is 8.84. The highest BCUT2D eigenvalue weighted by molar-refractivity contribution is 5.88. The molecule has 1 aliphatic rings. The SMILES string of the molecule is CCCCN1CC[C@@H](N(C(=O)OC(C)(C)C)c2ccc(/C=C/C(=O)OCC)cn2)C1. The van der Waals surface area contributed by atoms with Crippen LogP contribution >= 0.6 is 0 Å². The van der Waals surface area contributed by atoms with Gasteiger partial charge in [0.1, 0.15) is 11.4 Å². The third-order valence-corrected chi connectivity index (χ3v) is 4.75. The highest BCUT2D eigenvalue weighted by atomic mass is 16.6. The molecule has 1 aromatic rings. The van der Waals surface area contributed by atoms with E-state index in [1.54, 1.807) is 30.2 Å². The summed E-state index contributed by atoms with van der Waals surface area (Å²) in [5.41, 5.74) is 0.171. The summed E-state index contributed by atoms with van der Waals surface area (Å²) >= 11 is 0. The van der Waals surface area contributed by atoms with Crippen molar-refractivity contribution in [3.8, 4) is 0 Å². The molecule has 1 atom stereocenters. The second-order valence-corrected chi connectivity index (χ2v) is 8.48. The molecule has 7 heteroatoms. The number of pyridine rings is 1. The number of ether oxygens (including phenoxy) is 2. The normalized spacial score (nSPS) is 17.3. The first-order chi connectivity index (χ1) is 14.2. The Bertz CT molecular complexity index is 725. The molecule has 0 unspecified atom stereocenters. The predicted octanol–water partition coefficient (Wildman–Crippen LogP) is 4.27. The van der Waals surface area contributed by atoms with Gasteiger partial charge in [-0.05, 0) is 70.9 Å². The van der Waals surface area contributed by atoms with Crippen molar-refractivity contribution in [2.75, 3.05) is 31.1 Å². The average molecular weight is 418 g/mol. The van der Waals surface area contributed by atoms with Crippen LogP contribution in [0.1, 0.15) is 59.4 Å². The lowest BCUT2D eigenvalue weighted by molar-refractivity contribution is -0.137. The van der Waals surface area contributed by atoms with Crippen molar-refractivity contribution in [1.82, 2.24) is 9.88 Å². The molecule has 0 N–H and O–H groups in total. The van der Waals surface area contributed by atoms with E-state index in [9.17, 15) is 9.59 Å². The predicted molar refractivity (Wildman–Crippen MR) is 118 cm³/mol. The van der Waals surface area contributed by atoms with Gasteiger partial charge in [0.15, 0.2) is 0 Å². The third-order valence-electron chi connectivity index (χ3n) is 4.75. The van der Waals surface area contributed by atoms with Crippen LogP contribution in [-0.2, 0) is 14.3 Å². The maximum absolute atomic E-state index is 13.0. The molecular weight excluding hydrogens is 382 g/mol. The van der Waals surface area contributed by atoms with Crippen molar-refractivity contribution < 1.29 is 19.1 Å². The number of aromatic nitrogens is 1. The highest BCUT2D eigenvalue weighted by Gasteiger charge is 2.34. The van der Waals surface area contributed by atoms with E-state index in [-0.39, 0.29) is 12.1 Å². The summed E-state index contributed by atoms with van der Waals surface area (Å²) in [7, 11) is 0. The van der Waals surface area contributed by atoms with Gasteiger partial charge in [-0.1, -0.05) is 13.3 Å². The van der Waals surface area contributed by atoms with Crippen molar-refractivity contribution in [3.63, 3.8) is 0 Å². The first-order valence-corrected chi connectivity index (χ1v) is 10.8. The van der Waals surface area contributed by atoms with E-state index >= 15 is 0 Å². The van der Waals surface area contributed by atoms with Gasteiger partial charge in [0.2, 0.25) is 0 Å². The summed E-state index contributed by atoms with van der Waals surface area (Å²) in [5, 5.41) is 0. The van der Waals surface area contributed by atoms with Crippen LogP contribution in [0.2, 0.25) is 0 Å². The van der Waals surface area contributed by atoms with E-state index < -0.39 is 11.6 Å². The number of carbonyl (C=O) groups excluding carboxylic acids is 2. The first kappa shape index (κ1) is 23.9. The number of esters is 1. The molecule has 7 nitrogen and oxygen atoms in total. The molecule has 30 heavy (non-hydrogen) atoms. The Morgan fingerprint density at radius 2 is 2.07 bits per heavy atom. The summed E-state index contributed by atoms with van der Waals surface area (Å²) in [5.74, 6) is 0.162. The molecule has 1 aliphatic heterocycles. The molecule has 1 aromatic heterocycles. The number of carbonyl (C=O) groups is 2. The lowest BCUT2D eigenvalue weighted by atomic mass is 10.2. The standard InChI is InChI=1S/C23H35N3O4/c1-6-8-14-25-15-13-19(17-25)26(22(28)30-23(3,4)5)20-11-9-18(16-24-20)10-12-21(27)29-7-2/h9-12,16,19H,6-8,13-15,17H2,1-5H3/b12-10+/t19-/m1/s1. The van der Waals surface area contributed by atoms with Crippen LogP contribution in [0.15, 0.2) is 24.4 Å². The molecule has 0 radical (unpaired) electrons. The summed E-state index contributed by atoms with van der Waals surface area (Å²) in [6.45, 7) is 12.7. The van der Waals surface area contributed by atoms with Gasteiger partial charge in [0, 0.05) is 25.4 Å². The van der Waals surface area contributed by atoms with Crippen molar-refractivity contribution in [2.24, 2.45) is 0 Å². The highest BCUT2D eigenvalue weighted by Crippen LogP contribution is 2.25. The second kappa shape index (κ2) is 11.1. The Labute approximate surface area is 180 Å². The smallest absolute Gasteiger partial charge is 0.416 e. The number of likely N-dealkylation sites (tertiary alicyclic amines) is 1. The minimum atomic E-state index is -0.585. The van der Waals surface area contributed by atoms with Crippen molar-refractivity contribution >= 4 is 24.0 Å². The van der Waals surface area contributed by atoms with Crippen LogP contribution < -0.4 is 4.90 Å². The third kappa shape index (κ3) is 7.44. The average Bonchev–Trinajstić information content (AvgIpc) is 3.13. The Balaban J connectivity index is 2.18. The van der Waals surface area contributed by atoms with Gasteiger partial charge < -0.3 is 14.4 Å². The van der Waals surface area contributed by atoms with Gasteiger partial charge in [-0.2, -0.15) is 0 Å². The topological polar surface area (TPSA) is 72.0 Å². The van der Waals surface area contributed by atoms with Crippen LogP contribution in [0.5, 0.6) is 0 Å². The molecule has 0 aromatic carbocycles. The van der Waals surface area contributed by atoms with E-state index in [2.05, 4.69) is 16.8 Å². The maximum Gasteiger partial charge on any atom is 0.416 e. The Morgan fingerprint density at radius 1 is 1.30 bits per heavy atom. The monoisotopic (exact) mass is 417 g/mol. The van der Waals surface area contributed by atoms with Gasteiger partial charge in [-0.25, -0.2) is 14.6 Å². The maximum atomic E-state index is 13.0. The lowest BCUT2D eigenvalue weighted by Crippen LogP contribution is -2.45. The van der Waals surface area contributed by atoms with Crippen molar-refractivity contribution in [2.45, 2.75) is 65.5 Å². The molecule has 0 aliphatic carbocycles. The number of nitrogens with zero attached hydrogens (tertiary/aromatic N) is 3. The molecule has 0 bridgehead atoms. The largest absolute Gasteiger partial charge is 0.463 e. The van der Waals surface area contributed by atoms with Gasteiger partial charge in [-0.3, -0.25) is 4.90 Å². The first-order valence-electron chi connectivity index (χ1n) is 10.8. The molecule has 0 spiro atoms. The number of anilines is 1. The fourth-order valence-corrected chi connectivity index (χ4v) is 3.34. The zero-order chi connectivity index (χ0) is 22.1. The van der Waals surface area contributed by atoms with Gasteiger partial charge in [-0.15, -0.1) is 0 Å². The van der Waals surface area contributed by atoms with Crippen molar-refractivity contribution in [1.29, 1.82) is 0 Å². The van der Waals surface area contributed by atoms with Crippen LogP contribution in [0.4, 0.5) is 10.6 Å². The molecule has 0 saturated carbocycles. The fourth-order valence-electron chi connectivity index (χ4n) is 3.34. The van der Waals surface area contributed by atoms with Crippen LogP contribution in [0, 0.1) is 0 Å². The van der Waals surface area contributed by atoms with E-state index in [0.717, 1.165) is 44.5 Å². The molecule has 2 rings (SSSR count). The Hall–Kier alpha value is -2.41. The zero-order valence-corrected chi connectivity index (χ0v) is 18.9. The number of hydrogen-bond acceptors (Lipinski definition) is 6. The van der Waals surface area contributed by atoms with E-state index in [1.807, 2.05) is 26.8 Å². The number of rotatable bonds is 8. The van der Waals surface area contributed by atoms with Crippen molar-refractivity contribution in [3.05, 3.63) is 30.0 Å². The fraction of sp³-hybridized carbons (Fsp3) is 0.609. The molecule has 166 valence electrons. The van der Waals surface area contributed by atoms with Crippen LogP contribution in [-0.4, -0.2) is 59.8 Å². The molecular formula is C23H35N3O4. The molecule has 2 heterocycles. The van der Waals surface area contributed by atoms with E-state index in [4.69, 9.17) is 9.47 Å². The number of unbranched alkanes of at least 4 members (excludes halogenated alkanes) is 1. The van der Waals surface area contributed by atoms with E-state index in [0.29, 0.717) is 12.4 Å². The van der Waals surface area contributed by atoms with Gasteiger partial charge >= 0.3 is 12.1 Å². The minimum Gasteiger partial charge on any atom is -0.463 e. The van der Waals surface area contributed by atoms with Crippen LogP contribution in [0.25, 0.3) is 6.08 Å². The molecule has 1 amide bonds. The number of hydrogen-bond donors (Lipinski definition) is 0. The minimum absolute atomic E-state index is 0.0186. The summed E-state index contributed by atoms with van der Waals surface area (Å²) < 4.78 is 10.6. The molecule has 1 fully saturated rings. The molecule has 1 saturated heterocycles. The second-order valence-electron chi connectivity index (χ2n) is 8.48. The summed E-state index contributed by atoms with van der Waals surface area (Å²) in [4.78, 5) is 33.1. The number of amides is 1. The van der Waals surface area contributed by atoms with Gasteiger partial charge in [0.25, 0.3) is 0 Å². The summed E-state index contributed by atoms with van der Waals surface area (Å²) in [6.07, 6.45) is 7.47. The Morgan fingerprint density at radius 3 is 2.67 bits per heavy atom. The van der Waals surface area contributed by atoms with Crippen LogP contribution in [0.3, 0.4) is 0 Å². The van der Waals surface area contributed by atoms with E-state index in [1.165, 1.54) is 6.08 Å².